The summed E-state index contributed by atoms with van der Waals surface area (Å²) < 4.78 is 24.6. The number of phenolic OH excluding ortho intramolecular Hbond substituents is 1. The quantitative estimate of drug-likeness (QED) is 0.876. The molecule has 0 aliphatic rings. The molecular formula is C11H17NO3S. The summed E-state index contributed by atoms with van der Waals surface area (Å²) in [5, 5.41) is 9.65. The van der Waals surface area contributed by atoms with E-state index < -0.39 is 10.0 Å². The van der Waals surface area contributed by atoms with Gasteiger partial charge in [-0.05, 0) is 19.9 Å². The van der Waals surface area contributed by atoms with E-state index in [2.05, 4.69) is 0 Å². The molecule has 0 aliphatic heterocycles. The zero-order valence-electron chi connectivity index (χ0n) is 9.71. The largest absolute Gasteiger partial charge is 0.508 e. The normalized spacial score (nSPS) is 14.0. The average molecular weight is 243 g/mol. The third-order valence-corrected chi connectivity index (χ3v) is 4.66. The predicted octanol–water partition coefficient (Wildman–Crippen LogP) is 1.73. The number of nitrogens with zero attached hydrogens (tertiary/aromatic N) is 1. The summed E-state index contributed by atoms with van der Waals surface area (Å²) in [6.07, 6.45) is 0. The lowest BCUT2D eigenvalue weighted by atomic mass is 10.1. The maximum atomic E-state index is 11.7. The first kappa shape index (κ1) is 13.0. The standard InChI is InChI=1S/C11H17NO3S/c1-4-16(14,15)12(3)9(2)10-7-5-6-8-11(10)13/h5-9,13H,4H2,1-3H3. The zero-order chi connectivity index (χ0) is 12.3. The van der Waals surface area contributed by atoms with Crippen LogP contribution in [0.25, 0.3) is 0 Å². The Labute approximate surface area is 96.6 Å². The number of phenols is 1. The Morgan fingerprint density at radius 2 is 1.94 bits per heavy atom. The second kappa shape index (κ2) is 4.84. The third-order valence-electron chi connectivity index (χ3n) is 2.74. The van der Waals surface area contributed by atoms with Crippen molar-refractivity contribution in [2.24, 2.45) is 0 Å². The minimum Gasteiger partial charge on any atom is -0.508 e. The lowest BCUT2D eigenvalue weighted by Gasteiger charge is -2.24. The first-order chi connectivity index (χ1) is 7.40. The minimum absolute atomic E-state index is 0.0570. The van der Waals surface area contributed by atoms with Crippen LogP contribution in [-0.2, 0) is 10.0 Å². The van der Waals surface area contributed by atoms with Gasteiger partial charge in [0.15, 0.2) is 0 Å². The van der Waals surface area contributed by atoms with Gasteiger partial charge in [0.25, 0.3) is 0 Å². The Balaban J connectivity index is 3.04. The highest BCUT2D eigenvalue weighted by Crippen LogP contribution is 2.28. The summed E-state index contributed by atoms with van der Waals surface area (Å²) in [7, 11) is -1.72. The topological polar surface area (TPSA) is 57.6 Å². The fraction of sp³-hybridized carbons (Fsp3) is 0.455. The van der Waals surface area contributed by atoms with Crippen molar-refractivity contribution in [1.29, 1.82) is 0 Å². The van der Waals surface area contributed by atoms with Gasteiger partial charge in [0.1, 0.15) is 5.75 Å². The Bertz CT molecular complexity index is 456. The van der Waals surface area contributed by atoms with Gasteiger partial charge < -0.3 is 5.11 Å². The summed E-state index contributed by atoms with van der Waals surface area (Å²) in [4.78, 5) is 0. The number of sulfonamides is 1. The zero-order valence-corrected chi connectivity index (χ0v) is 10.5. The van der Waals surface area contributed by atoms with E-state index in [1.807, 2.05) is 0 Å². The molecule has 0 amide bonds. The highest BCUT2D eigenvalue weighted by Gasteiger charge is 2.23. The molecule has 0 aliphatic carbocycles. The first-order valence-electron chi connectivity index (χ1n) is 5.13. The Morgan fingerprint density at radius 3 is 2.44 bits per heavy atom. The van der Waals surface area contributed by atoms with Crippen molar-refractivity contribution in [1.82, 2.24) is 4.31 Å². The molecule has 1 aromatic rings. The van der Waals surface area contributed by atoms with Crippen LogP contribution in [-0.4, -0.2) is 30.6 Å². The SMILES string of the molecule is CCS(=O)(=O)N(C)C(C)c1ccccc1O. The van der Waals surface area contributed by atoms with Gasteiger partial charge in [-0.2, -0.15) is 4.31 Å². The summed E-state index contributed by atoms with van der Waals surface area (Å²) in [5.74, 6) is 0.176. The molecule has 0 fully saturated rings. The van der Waals surface area contributed by atoms with E-state index in [9.17, 15) is 13.5 Å². The van der Waals surface area contributed by atoms with Crippen LogP contribution in [0.4, 0.5) is 0 Å². The highest BCUT2D eigenvalue weighted by molar-refractivity contribution is 7.89. The molecule has 16 heavy (non-hydrogen) atoms. The van der Waals surface area contributed by atoms with Gasteiger partial charge in [-0.15, -0.1) is 0 Å². The van der Waals surface area contributed by atoms with E-state index in [1.54, 1.807) is 38.1 Å². The number of hydrogen-bond acceptors (Lipinski definition) is 3. The van der Waals surface area contributed by atoms with E-state index in [4.69, 9.17) is 0 Å². The fourth-order valence-corrected chi connectivity index (χ4v) is 2.48. The maximum absolute atomic E-state index is 11.7. The van der Waals surface area contributed by atoms with Gasteiger partial charge in [-0.25, -0.2) is 8.42 Å². The Morgan fingerprint density at radius 1 is 1.38 bits per heavy atom. The molecule has 1 atom stereocenters. The van der Waals surface area contributed by atoms with Crippen molar-refractivity contribution >= 4 is 10.0 Å². The van der Waals surface area contributed by atoms with E-state index in [1.165, 1.54) is 11.4 Å². The van der Waals surface area contributed by atoms with Crippen LogP contribution in [0.1, 0.15) is 25.5 Å². The maximum Gasteiger partial charge on any atom is 0.214 e. The number of aromatic hydroxyl groups is 1. The van der Waals surface area contributed by atoms with E-state index >= 15 is 0 Å². The summed E-state index contributed by atoms with van der Waals surface area (Å²) in [6.45, 7) is 3.35. The van der Waals surface area contributed by atoms with E-state index in [0.29, 0.717) is 5.56 Å². The van der Waals surface area contributed by atoms with Crippen LogP contribution < -0.4 is 0 Å². The van der Waals surface area contributed by atoms with Crippen LogP contribution in [0, 0.1) is 0 Å². The average Bonchev–Trinajstić information content (AvgIpc) is 2.27. The summed E-state index contributed by atoms with van der Waals surface area (Å²) >= 11 is 0. The van der Waals surface area contributed by atoms with Crippen molar-refractivity contribution in [3.8, 4) is 5.75 Å². The molecule has 90 valence electrons. The van der Waals surface area contributed by atoms with Gasteiger partial charge in [-0.1, -0.05) is 18.2 Å². The van der Waals surface area contributed by atoms with Crippen LogP contribution in [0.15, 0.2) is 24.3 Å². The van der Waals surface area contributed by atoms with Crippen molar-refractivity contribution in [2.45, 2.75) is 19.9 Å². The summed E-state index contributed by atoms with van der Waals surface area (Å²) in [6, 6.07) is 6.39. The van der Waals surface area contributed by atoms with Crippen molar-refractivity contribution < 1.29 is 13.5 Å². The van der Waals surface area contributed by atoms with Crippen LogP contribution in [0.3, 0.4) is 0 Å². The lowest BCUT2D eigenvalue weighted by Crippen LogP contribution is -2.31. The smallest absolute Gasteiger partial charge is 0.214 e. The molecule has 1 N–H and O–H groups in total. The van der Waals surface area contributed by atoms with Crippen LogP contribution in [0.2, 0.25) is 0 Å². The van der Waals surface area contributed by atoms with Gasteiger partial charge in [0.05, 0.1) is 11.8 Å². The third kappa shape index (κ3) is 2.54. The van der Waals surface area contributed by atoms with Crippen molar-refractivity contribution in [2.75, 3.05) is 12.8 Å². The first-order valence-corrected chi connectivity index (χ1v) is 6.74. The lowest BCUT2D eigenvalue weighted by molar-refractivity contribution is 0.381. The molecule has 0 radical (unpaired) electrons. The van der Waals surface area contributed by atoms with Crippen molar-refractivity contribution in [3.05, 3.63) is 29.8 Å². The molecule has 0 saturated carbocycles. The molecule has 4 nitrogen and oxygen atoms in total. The van der Waals surface area contributed by atoms with Crippen LogP contribution in [0.5, 0.6) is 5.75 Å². The molecule has 0 heterocycles. The number of hydrogen-bond donors (Lipinski definition) is 1. The van der Waals surface area contributed by atoms with Gasteiger partial charge >= 0.3 is 0 Å². The number of para-hydroxylation sites is 1. The number of benzene rings is 1. The molecule has 1 rings (SSSR count). The molecule has 0 bridgehead atoms. The molecule has 0 spiro atoms. The molecule has 0 aromatic heterocycles. The second-order valence-electron chi connectivity index (χ2n) is 3.65. The van der Waals surface area contributed by atoms with E-state index in [-0.39, 0.29) is 17.5 Å². The van der Waals surface area contributed by atoms with Crippen molar-refractivity contribution in [3.63, 3.8) is 0 Å². The minimum atomic E-state index is -3.24. The Kier molecular flexibility index (Phi) is 3.93. The summed E-state index contributed by atoms with van der Waals surface area (Å²) in [5.41, 5.74) is 0.613. The fourth-order valence-electron chi connectivity index (χ4n) is 1.48. The molecule has 0 saturated heterocycles. The van der Waals surface area contributed by atoms with Gasteiger partial charge in [0, 0.05) is 12.6 Å². The predicted molar refractivity (Wildman–Crippen MR) is 63.7 cm³/mol. The Hall–Kier alpha value is -1.07. The number of rotatable bonds is 4. The molecule has 5 heteroatoms. The van der Waals surface area contributed by atoms with Gasteiger partial charge in [-0.3, -0.25) is 0 Å². The van der Waals surface area contributed by atoms with Gasteiger partial charge in [0.2, 0.25) is 10.0 Å². The molecule has 1 aromatic carbocycles. The molecular weight excluding hydrogens is 226 g/mol. The van der Waals surface area contributed by atoms with E-state index in [0.717, 1.165) is 0 Å². The molecule has 1 unspecified atom stereocenters. The highest BCUT2D eigenvalue weighted by atomic mass is 32.2. The van der Waals surface area contributed by atoms with Crippen LogP contribution >= 0.6 is 0 Å². The monoisotopic (exact) mass is 243 g/mol. The second-order valence-corrected chi connectivity index (χ2v) is 5.97.